The second-order valence-electron chi connectivity index (χ2n) is 5.70. The smallest absolute Gasteiger partial charge is 0.0792 e. The van der Waals surface area contributed by atoms with E-state index in [-0.39, 0.29) is 6.10 Å². The summed E-state index contributed by atoms with van der Waals surface area (Å²) < 4.78 is 0. The van der Waals surface area contributed by atoms with Crippen LogP contribution in [0.2, 0.25) is 0 Å². The Bertz CT molecular complexity index is 391. The summed E-state index contributed by atoms with van der Waals surface area (Å²) in [7, 11) is 0. The predicted octanol–water partition coefficient (Wildman–Crippen LogP) is 4.10. The third-order valence-electron chi connectivity index (χ3n) is 4.53. The highest BCUT2D eigenvalue weighted by molar-refractivity contribution is 5.37. The minimum Gasteiger partial charge on any atom is -0.388 e. The first-order chi connectivity index (χ1) is 8.34. The van der Waals surface area contributed by atoms with Gasteiger partial charge in [0, 0.05) is 0 Å². The van der Waals surface area contributed by atoms with Gasteiger partial charge in [0.05, 0.1) is 6.10 Å². The number of aliphatic hydroxyl groups is 1. The van der Waals surface area contributed by atoms with Crippen LogP contribution < -0.4 is 0 Å². The molecule has 2 aliphatic rings. The number of hydrogen-bond acceptors (Lipinski definition) is 1. The topological polar surface area (TPSA) is 20.2 Å². The molecule has 0 heterocycles. The first kappa shape index (κ1) is 11.3. The molecular weight excluding hydrogens is 208 g/mol. The molecule has 1 heteroatoms. The molecule has 92 valence electrons. The van der Waals surface area contributed by atoms with Gasteiger partial charge >= 0.3 is 0 Å². The fourth-order valence-corrected chi connectivity index (χ4v) is 3.48. The fraction of sp³-hybridized carbons (Fsp3) is 0.625. The van der Waals surface area contributed by atoms with Crippen LogP contribution in [0, 0.1) is 0 Å². The Hall–Kier alpha value is -0.820. The third-order valence-corrected chi connectivity index (χ3v) is 4.53. The average Bonchev–Trinajstić information content (AvgIpc) is 2.40. The minimum atomic E-state index is -0.206. The summed E-state index contributed by atoms with van der Waals surface area (Å²) in [5, 5.41) is 10.1. The number of fused-ring (bicyclic) bond motifs is 1. The molecule has 0 saturated heterocycles. The Labute approximate surface area is 104 Å². The van der Waals surface area contributed by atoms with Crippen LogP contribution in [0.15, 0.2) is 18.2 Å². The average molecular weight is 230 g/mol. The van der Waals surface area contributed by atoms with Crippen LogP contribution in [0.25, 0.3) is 0 Å². The Kier molecular flexibility index (Phi) is 3.19. The van der Waals surface area contributed by atoms with E-state index in [9.17, 15) is 5.11 Å². The first-order valence-corrected chi connectivity index (χ1v) is 7.15. The normalized spacial score (nSPS) is 25.6. The van der Waals surface area contributed by atoms with Gasteiger partial charge in [-0.25, -0.2) is 0 Å². The predicted molar refractivity (Wildman–Crippen MR) is 70.2 cm³/mol. The van der Waals surface area contributed by atoms with Gasteiger partial charge in [0.1, 0.15) is 0 Å². The molecule has 0 radical (unpaired) electrons. The van der Waals surface area contributed by atoms with Crippen molar-refractivity contribution < 1.29 is 5.11 Å². The molecule has 0 aromatic heterocycles. The van der Waals surface area contributed by atoms with Crippen molar-refractivity contribution in [3.05, 3.63) is 34.9 Å². The molecule has 3 rings (SSSR count). The Morgan fingerprint density at radius 3 is 2.59 bits per heavy atom. The standard InChI is InChI=1S/C16H22O/c17-16-8-4-7-13-9-10-14(11-15(13)16)12-5-2-1-3-6-12/h9-12,16-17H,1-8H2/t16-/m0/s1. The summed E-state index contributed by atoms with van der Waals surface area (Å²) >= 11 is 0. The van der Waals surface area contributed by atoms with Gasteiger partial charge in [-0.15, -0.1) is 0 Å². The van der Waals surface area contributed by atoms with Crippen molar-refractivity contribution in [3.63, 3.8) is 0 Å². The lowest BCUT2D eigenvalue weighted by atomic mass is 9.81. The van der Waals surface area contributed by atoms with Crippen molar-refractivity contribution in [2.24, 2.45) is 0 Å². The van der Waals surface area contributed by atoms with Crippen molar-refractivity contribution in [1.29, 1.82) is 0 Å². The van der Waals surface area contributed by atoms with Crippen molar-refractivity contribution in [3.8, 4) is 0 Å². The summed E-state index contributed by atoms with van der Waals surface area (Å²) in [6, 6.07) is 6.88. The molecular formula is C16H22O. The second kappa shape index (κ2) is 4.81. The monoisotopic (exact) mass is 230 g/mol. The highest BCUT2D eigenvalue weighted by Crippen LogP contribution is 2.36. The molecule has 0 bridgehead atoms. The van der Waals surface area contributed by atoms with E-state index in [1.165, 1.54) is 48.8 Å². The molecule has 1 aromatic carbocycles. The third kappa shape index (κ3) is 2.26. The second-order valence-corrected chi connectivity index (χ2v) is 5.70. The van der Waals surface area contributed by atoms with Gasteiger partial charge in [0.2, 0.25) is 0 Å². The molecule has 0 amide bonds. The fourth-order valence-electron chi connectivity index (χ4n) is 3.48. The largest absolute Gasteiger partial charge is 0.388 e. The molecule has 0 spiro atoms. The summed E-state index contributed by atoms with van der Waals surface area (Å²) in [5.41, 5.74) is 4.08. The summed E-state index contributed by atoms with van der Waals surface area (Å²) in [6.07, 6.45) is 9.87. The van der Waals surface area contributed by atoms with Crippen LogP contribution in [0.3, 0.4) is 0 Å². The SMILES string of the molecule is O[C@H]1CCCc2ccc(C3CCCCC3)cc21. The van der Waals surface area contributed by atoms with E-state index in [0.717, 1.165) is 25.2 Å². The van der Waals surface area contributed by atoms with Crippen LogP contribution in [-0.4, -0.2) is 5.11 Å². The van der Waals surface area contributed by atoms with Crippen molar-refractivity contribution in [2.75, 3.05) is 0 Å². The summed E-state index contributed by atoms with van der Waals surface area (Å²) in [6.45, 7) is 0. The molecule has 1 nitrogen and oxygen atoms in total. The molecule has 17 heavy (non-hydrogen) atoms. The highest BCUT2D eigenvalue weighted by Gasteiger charge is 2.21. The summed E-state index contributed by atoms with van der Waals surface area (Å²) in [5.74, 6) is 0.753. The van der Waals surface area contributed by atoms with E-state index in [1.807, 2.05) is 0 Å². The lowest BCUT2D eigenvalue weighted by Gasteiger charge is -2.26. The zero-order valence-corrected chi connectivity index (χ0v) is 10.5. The number of rotatable bonds is 1. The van der Waals surface area contributed by atoms with Crippen molar-refractivity contribution >= 4 is 0 Å². The molecule has 1 atom stereocenters. The maximum atomic E-state index is 10.1. The quantitative estimate of drug-likeness (QED) is 0.770. The maximum absolute atomic E-state index is 10.1. The van der Waals surface area contributed by atoms with Gasteiger partial charge in [0.25, 0.3) is 0 Å². The minimum absolute atomic E-state index is 0.206. The molecule has 0 aliphatic heterocycles. The van der Waals surface area contributed by atoms with Gasteiger partial charge in [-0.2, -0.15) is 0 Å². The summed E-state index contributed by atoms with van der Waals surface area (Å²) in [4.78, 5) is 0. The van der Waals surface area contributed by atoms with Crippen LogP contribution in [0.5, 0.6) is 0 Å². The lowest BCUT2D eigenvalue weighted by Crippen LogP contribution is -2.11. The Morgan fingerprint density at radius 2 is 1.76 bits per heavy atom. The molecule has 1 saturated carbocycles. The zero-order chi connectivity index (χ0) is 11.7. The van der Waals surface area contributed by atoms with Crippen LogP contribution in [0.4, 0.5) is 0 Å². The van der Waals surface area contributed by atoms with Crippen LogP contribution >= 0.6 is 0 Å². The van der Waals surface area contributed by atoms with E-state index < -0.39 is 0 Å². The molecule has 1 aromatic rings. The van der Waals surface area contributed by atoms with E-state index in [0.29, 0.717) is 0 Å². The molecule has 1 fully saturated rings. The molecule has 1 N–H and O–H groups in total. The van der Waals surface area contributed by atoms with Gasteiger partial charge in [-0.05, 0) is 54.7 Å². The Balaban J connectivity index is 1.88. The van der Waals surface area contributed by atoms with E-state index in [4.69, 9.17) is 0 Å². The van der Waals surface area contributed by atoms with E-state index in [1.54, 1.807) is 0 Å². The van der Waals surface area contributed by atoms with Crippen molar-refractivity contribution in [1.82, 2.24) is 0 Å². The number of aryl methyl sites for hydroxylation is 1. The highest BCUT2D eigenvalue weighted by atomic mass is 16.3. The number of benzene rings is 1. The van der Waals surface area contributed by atoms with Gasteiger partial charge in [-0.3, -0.25) is 0 Å². The first-order valence-electron chi connectivity index (χ1n) is 7.15. The van der Waals surface area contributed by atoms with E-state index >= 15 is 0 Å². The Morgan fingerprint density at radius 1 is 0.941 bits per heavy atom. The molecule has 0 unspecified atom stereocenters. The lowest BCUT2D eigenvalue weighted by molar-refractivity contribution is 0.156. The van der Waals surface area contributed by atoms with Crippen LogP contribution in [0.1, 0.15) is 73.7 Å². The maximum Gasteiger partial charge on any atom is 0.0792 e. The van der Waals surface area contributed by atoms with Gasteiger partial charge < -0.3 is 5.11 Å². The van der Waals surface area contributed by atoms with Gasteiger partial charge in [0.15, 0.2) is 0 Å². The van der Waals surface area contributed by atoms with Crippen LogP contribution in [-0.2, 0) is 6.42 Å². The molecule has 2 aliphatic carbocycles. The zero-order valence-electron chi connectivity index (χ0n) is 10.5. The number of aliphatic hydroxyl groups excluding tert-OH is 1. The van der Waals surface area contributed by atoms with E-state index in [2.05, 4.69) is 18.2 Å². The number of hydrogen-bond donors (Lipinski definition) is 1. The van der Waals surface area contributed by atoms with Gasteiger partial charge in [-0.1, -0.05) is 37.5 Å². The van der Waals surface area contributed by atoms with Crippen molar-refractivity contribution in [2.45, 2.75) is 63.4 Å².